The van der Waals surface area contributed by atoms with Crippen molar-refractivity contribution in [3.05, 3.63) is 53.6 Å². The Morgan fingerprint density at radius 3 is 1.77 bits per heavy atom. The predicted molar refractivity (Wildman–Crippen MR) is 124 cm³/mol. The van der Waals surface area contributed by atoms with Gasteiger partial charge < -0.3 is 10.6 Å². The predicted octanol–water partition coefficient (Wildman–Crippen LogP) is 6.13. The number of hydrogen-bond donors (Lipinski definition) is 3. The second-order valence-corrected chi connectivity index (χ2v) is 5.82. The highest BCUT2D eigenvalue weighted by Gasteiger charge is 1.99. The molecule has 0 unspecified atom stereocenters. The molecular weight excluding hydrogens is 336 g/mol. The van der Waals surface area contributed by atoms with Crippen molar-refractivity contribution < 1.29 is 0 Å². The third-order valence-electron chi connectivity index (χ3n) is 3.51. The lowest BCUT2D eigenvalue weighted by atomic mass is 10.0. The van der Waals surface area contributed by atoms with Gasteiger partial charge in [0.25, 0.3) is 0 Å². The van der Waals surface area contributed by atoms with Crippen LogP contribution in [-0.4, -0.2) is 26.7 Å². The lowest BCUT2D eigenvalue weighted by Gasteiger charge is -2.05. The average Bonchev–Trinajstić information content (AvgIpc) is 2.69. The van der Waals surface area contributed by atoms with E-state index in [9.17, 15) is 0 Å². The fourth-order valence-corrected chi connectivity index (χ4v) is 2.11. The molecule has 0 saturated carbocycles. The lowest BCUT2D eigenvalue weighted by molar-refractivity contribution is 0.672. The zero-order chi connectivity index (χ0) is 20.4. The molecule has 0 aromatic heterocycles. The Kier molecular flexibility index (Phi) is 19.2. The first kappa shape index (κ1) is 26.9. The van der Waals surface area contributed by atoms with E-state index in [0.29, 0.717) is 0 Å². The fourth-order valence-electron chi connectivity index (χ4n) is 1.97. The highest BCUT2D eigenvalue weighted by molar-refractivity contribution is 7.80. The number of benzene rings is 2. The molecule has 2 aromatic carbocycles. The van der Waals surface area contributed by atoms with Crippen LogP contribution in [0.25, 0.3) is 11.1 Å². The van der Waals surface area contributed by atoms with Crippen LogP contribution in [0.1, 0.15) is 45.7 Å². The summed E-state index contributed by atoms with van der Waals surface area (Å²) in [7, 11) is 1.96. The third kappa shape index (κ3) is 12.1. The SMILES string of the molecule is CC.CC.CCNCCNC.Cc1ccc(-c2ccc(S)cc2)cc1C. The van der Waals surface area contributed by atoms with Gasteiger partial charge in [0, 0.05) is 18.0 Å². The van der Waals surface area contributed by atoms with Gasteiger partial charge in [0.05, 0.1) is 0 Å². The maximum atomic E-state index is 4.28. The van der Waals surface area contributed by atoms with Gasteiger partial charge in [-0.1, -0.05) is 65.0 Å². The van der Waals surface area contributed by atoms with Gasteiger partial charge in [-0.25, -0.2) is 0 Å². The van der Waals surface area contributed by atoms with E-state index in [0.717, 1.165) is 24.5 Å². The first-order valence-corrected chi connectivity index (χ1v) is 10.2. The maximum Gasteiger partial charge on any atom is 0.00764 e. The Morgan fingerprint density at radius 2 is 1.31 bits per heavy atom. The van der Waals surface area contributed by atoms with Crippen molar-refractivity contribution in [3.63, 3.8) is 0 Å². The Balaban J connectivity index is 0. The van der Waals surface area contributed by atoms with E-state index in [2.05, 4.69) is 74.4 Å². The monoisotopic (exact) mass is 376 g/mol. The van der Waals surface area contributed by atoms with E-state index < -0.39 is 0 Å². The van der Waals surface area contributed by atoms with E-state index in [1.54, 1.807) is 0 Å². The van der Waals surface area contributed by atoms with Crippen molar-refractivity contribution >= 4 is 12.6 Å². The van der Waals surface area contributed by atoms with Crippen molar-refractivity contribution in [1.29, 1.82) is 0 Å². The van der Waals surface area contributed by atoms with Crippen LogP contribution in [0.5, 0.6) is 0 Å². The molecule has 0 heterocycles. The van der Waals surface area contributed by atoms with E-state index in [4.69, 9.17) is 0 Å². The summed E-state index contributed by atoms with van der Waals surface area (Å²) in [6.07, 6.45) is 0. The molecule has 0 atom stereocenters. The lowest BCUT2D eigenvalue weighted by Crippen LogP contribution is -2.24. The van der Waals surface area contributed by atoms with Crippen LogP contribution < -0.4 is 10.6 Å². The number of aryl methyl sites for hydroxylation is 2. The van der Waals surface area contributed by atoms with Crippen molar-refractivity contribution in [2.45, 2.75) is 53.4 Å². The topological polar surface area (TPSA) is 24.1 Å². The van der Waals surface area contributed by atoms with Gasteiger partial charge in [0.2, 0.25) is 0 Å². The number of nitrogens with one attached hydrogen (secondary N) is 2. The summed E-state index contributed by atoms with van der Waals surface area (Å²) < 4.78 is 0. The summed E-state index contributed by atoms with van der Waals surface area (Å²) in [4.78, 5) is 1.00. The first-order valence-electron chi connectivity index (χ1n) is 9.80. The first-order chi connectivity index (χ1) is 12.6. The van der Waals surface area contributed by atoms with Crippen molar-refractivity contribution in [1.82, 2.24) is 10.6 Å². The molecule has 26 heavy (non-hydrogen) atoms. The minimum atomic E-state index is 1.00. The Labute approximate surface area is 168 Å². The van der Waals surface area contributed by atoms with Crippen LogP contribution in [0.3, 0.4) is 0 Å². The molecule has 3 heteroatoms. The van der Waals surface area contributed by atoms with Gasteiger partial charge in [-0.2, -0.15) is 0 Å². The summed E-state index contributed by atoms with van der Waals surface area (Å²) in [5.74, 6) is 0. The molecule has 0 bridgehead atoms. The molecule has 0 aliphatic carbocycles. The molecule has 2 rings (SSSR count). The molecule has 0 amide bonds. The minimum absolute atomic E-state index is 1.00. The van der Waals surface area contributed by atoms with Crippen LogP contribution in [0.4, 0.5) is 0 Å². The summed E-state index contributed by atoms with van der Waals surface area (Å²) in [6, 6.07) is 14.8. The Morgan fingerprint density at radius 1 is 0.769 bits per heavy atom. The van der Waals surface area contributed by atoms with Gasteiger partial charge in [-0.15, -0.1) is 12.6 Å². The van der Waals surface area contributed by atoms with Crippen LogP contribution in [0.15, 0.2) is 47.4 Å². The minimum Gasteiger partial charge on any atom is -0.318 e. The molecule has 0 aliphatic rings. The third-order valence-corrected chi connectivity index (χ3v) is 3.81. The summed E-state index contributed by atoms with van der Waals surface area (Å²) >= 11 is 4.28. The Hall–Kier alpha value is -1.29. The van der Waals surface area contributed by atoms with Gasteiger partial charge in [-0.3, -0.25) is 0 Å². The van der Waals surface area contributed by atoms with E-state index in [1.165, 1.54) is 22.3 Å². The van der Waals surface area contributed by atoms with Gasteiger partial charge in [0.15, 0.2) is 0 Å². The van der Waals surface area contributed by atoms with E-state index in [1.807, 2.05) is 46.9 Å². The van der Waals surface area contributed by atoms with Gasteiger partial charge >= 0.3 is 0 Å². The molecule has 2 nitrogen and oxygen atoms in total. The molecule has 0 spiro atoms. The van der Waals surface area contributed by atoms with Gasteiger partial charge in [0.1, 0.15) is 0 Å². The summed E-state index contributed by atoms with van der Waals surface area (Å²) in [6.45, 7) is 17.6. The second-order valence-electron chi connectivity index (χ2n) is 5.30. The molecule has 148 valence electrons. The number of rotatable bonds is 5. The second kappa shape index (κ2) is 18.5. The largest absolute Gasteiger partial charge is 0.318 e. The highest BCUT2D eigenvalue weighted by atomic mass is 32.1. The number of hydrogen-bond acceptors (Lipinski definition) is 3. The van der Waals surface area contributed by atoms with Gasteiger partial charge in [-0.05, 0) is 61.8 Å². The Bertz CT molecular complexity index is 547. The summed E-state index contributed by atoms with van der Waals surface area (Å²) in [5.41, 5.74) is 5.19. The van der Waals surface area contributed by atoms with Crippen molar-refractivity contribution in [2.75, 3.05) is 26.7 Å². The molecule has 2 aromatic rings. The fraction of sp³-hybridized carbons (Fsp3) is 0.478. The van der Waals surface area contributed by atoms with Crippen LogP contribution in [0, 0.1) is 13.8 Å². The average molecular weight is 377 g/mol. The van der Waals surface area contributed by atoms with E-state index in [-0.39, 0.29) is 0 Å². The number of thiol groups is 1. The smallest absolute Gasteiger partial charge is 0.00764 e. The molecule has 0 aliphatic heterocycles. The molecule has 0 saturated heterocycles. The number of likely N-dealkylation sites (N-methyl/N-ethyl adjacent to an activating group) is 2. The normalized spacial score (nSPS) is 8.96. The van der Waals surface area contributed by atoms with Crippen molar-refractivity contribution in [2.24, 2.45) is 0 Å². The molecule has 0 fully saturated rings. The highest BCUT2D eigenvalue weighted by Crippen LogP contribution is 2.23. The van der Waals surface area contributed by atoms with E-state index >= 15 is 0 Å². The van der Waals surface area contributed by atoms with Crippen LogP contribution in [0.2, 0.25) is 0 Å². The van der Waals surface area contributed by atoms with Crippen LogP contribution >= 0.6 is 12.6 Å². The maximum absolute atomic E-state index is 4.28. The van der Waals surface area contributed by atoms with Crippen molar-refractivity contribution in [3.8, 4) is 11.1 Å². The molecule has 0 radical (unpaired) electrons. The van der Waals surface area contributed by atoms with Crippen LogP contribution in [-0.2, 0) is 0 Å². The molecular formula is C23H40N2S. The zero-order valence-corrected chi connectivity index (χ0v) is 19.0. The molecule has 2 N–H and O–H groups in total. The summed E-state index contributed by atoms with van der Waals surface area (Å²) in [5, 5.41) is 6.23. The quantitative estimate of drug-likeness (QED) is 0.432. The zero-order valence-electron chi connectivity index (χ0n) is 18.1. The standard InChI is InChI=1S/C14H14S.C5H14N2.2C2H6/c1-10-3-4-13(9-11(10)2)12-5-7-14(15)8-6-12;1-3-7-5-4-6-2;2*1-2/h3-9,15H,1-2H3;6-7H,3-5H2,1-2H3;2*1-2H3.